The number of aliphatic carboxylic acids is 1. The van der Waals surface area contributed by atoms with E-state index in [0.29, 0.717) is 44.1 Å². The molecule has 0 aromatic carbocycles. The maximum absolute atomic E-state index is 14.0. The van der Waals surface area contributed by atoms with Crippen molar-refractivity contribution in [1.82, 2.24) is 0 Å². The summed E-state index contributed by atoms with van der Waals surface area (Å²) in [6, 6.07) is 0. The monoisotopic (exact) mass is 456 g/mol. The number of allylic oxidation sites excluding steroid dienone is 2. The summed E-state index contributed by atoms with van der Waals surface area (Å²) in [4.78, 5) is 11.5. The predicted octanol–water partition coefficient (Wildman–Crippen LogP) is 6.04. The van der Waals surface area contributed by atoms with Crippen LogP contribution in [0.15, 0.2) is 12.2 Å². The number of unbranched alkanes of at least 4 members (excludes halogenated alkanes) is 1. The standard InChI is InChI=1S/C26H45FO5/c1-3-4-11-20(27)12-10-14-21-19(2)18-23(28)22(21)13-6-5-7-15-24(26(29)30)32-25-16-8-9-17-31-25/h5-6,19-25,28H,3-4,7-18H2,1-2H3,(H,29,30)/t19-,20-,21+,22-,23+,24?,25?/m1/s1. The number of hydrogen-bond acceptors (Lipinski definition) is 4. The second-order valence-corrected chi connectivity index (χ2v) is 9.82. The van der Waals surface area contributed by atoms with Gasteiger partial charge in [0.15, 0.2) is 12.4 Å². The Bertz CT molecular complexity index is 548. The molecule has 0 amide bonds. The lowest BCUT2D eigenvalue weighted by molar-refractivity contribution is -0.201. The van der Waals surface area contributed by atoms with Crippen molar-refractivity contribution >= 4 is 5.97 Å². The number of aliphatic hydroxyl groups is 1. The average Bonchev–Trinajstić information content (AvgIpc) is 3.04. The molecular weight excluding hydrogens is 411 g/mol. The Morgan fingerprint density at radius 1 is 1.19 bits per heavy atom. The number of rotatable bonds is 15. The summed E-state index contributed by atoms with van der Waals surface area (Å²) < 4.78 is 25.1. The van der Waals surface area contributed by atoms with E-state index in [1.807, 2.05) is 6.08 Å². The van der Waals surface area contributed by atoms with Gasteiger partial charge < -0.3 is 19.7 Å². The van der Waals surface area contributed by atoms with Gasteiger partial charge in [0.25, 0.3) is 0 Å². The lowest BCUT2D eigenvalue weighted by Gasteiger charge is -2.25. The lowest BCUT2D eigenvalue weighted by Crippen LogP contribution is -2.32. The summed E-state index contributed by atoms with van der Waals surface area (Å²) in [5.41, 5.74) is 0. The fraction of sp³-hybridized carbons (Fsp3) is 0.885. The van der Waals surface area contributed by atoms with Gasteiger partial charge in [0.2, 0.25) is 0 Å². The van der Waals surface area contributed by atoms with Gasteiger partial charge in [-0.25, -0.2) is 9.18 Å². The third-order valence-corrected chi connectivity index (χ3v) is 7.21. The van der Waals surface area contributed by atoms with Gasteiger partial charge in [-0.15, -0.1) is 0 Å². The topological polar surface area (TPSA) is 76.0 Å². The zero-order valence-electron chi connectivity index (χ0n) is 20.1. The normalized spacial score (nSPS) is 30.6. The molecule has 1 saturated carbocycles. The highest BCUT2D eigenvalue weighted by Crippen LogP contribution is 2.42. The molecule has 6 heteroatoms. The number of carboxylic acids is 1. The predicted molar refractivity (Wildman–Crippen MR) is 124 cm³/mol. The summed E-state index contributed by atoms with van der Waals surface area (Å²) in [6.07, 6.45) is 12.4. The van der Waals surface area contributed by atoms with Gasteiger partial charge >= 0.3 is 5.97 Å². The van der Waals surface area contributed by atoms with Gasteiger partial charge in [0.1, 0.15) is 6.17 Å². The maximum Gasteiger partial charge on any atom is 0.332 e. The zero-order valence-corrected chi connectivity index (χ0v) is 20.1. The van der Waals surface area contributed by atoms with Gasteiger partial charge in [-0.1, -0.05) is 45.3 Å². The van der Waals surface area contributed by atoms with Gasteiger partial charge in [-0.2, -0.15) is 0 Å². The van der Waals surface area contributed by atoms with Gasteiger partial charge in [-0.3, -0.25) is 0 Å². The van der Waals surface area contributed by atoms with Crippen LogP contribution >= 0.6 is 0 Å². The van der Waals surface area contributed by atoms with Crippen molar-refractivity contribution in [2.75, 3.05) is 6.61 Å². The molecule has 2 unspecified atom stereocenters. The molecule has 0 aromatic rings. The molecule has 32 heavy (non-hydrogen) atoms. The van der Waals surface area contributed by atoms with Crippen molar-refractivity contribution in [3.63, 3.8) is 0 Å². The first-order valence-corrected chi connectivity index (χ1v) is 12.9. The summed E-state index contributed by atoms with van der Waals surface area (Å²) >= 11 is 0. The molecule has 0 spiro atoms. The van der Waals surface area contributed by atoms with E-state index in [0.717, 1.165) is 57.8 Å². The Morgan fingerprint density at radius 3 is 2.66 bits per heavy atom. The highest BCUT2D eigenvalue weighted by Gasteiger charge is 2.38. The Balaban J connectivity index is 1.73. The van der Waals surface area contributed by atoms with E-state index in [1.165, 1.54) is 0 Å². The molecule has 0 bridgehead atoms. The average molecular weight is 457 g/mol. The van der Waals surface area contributed by atoms with Crippen LogP contribution < -0.4 is 0 Å². The van der Waals surface area contributed by atoms with Crippen LogP contribution in [-0.4, -0.2) is 47.5 Å². The highest BCUT2D eigenvalue weighted by atomic mass is 19.1. The Kier molecular flexibility index (Phi) is 12.8. The molecule has 7 atom stereocenters. The quantitative estimate of drug-likeness (QED) is 0.294. The van der Waals surface area contributed by atoms with Crippen LogP contribution in [0, 0.1) is 17.8 Å². The van der Waals surface area contributed by atoms with Crippen molar-refractivity contribution in [1.29, 1.82) is 0 Å². The van der Waals surface area contributed by atoms with E-state index in [9.17, 15) is 19.4 Å². The first-order valence-electron chi connectivity index (χ1n) is 12.9. The van der Waals surface area contributed by atoms with E-state index in [2.05, 4.69) is 19.9 Å². The second kappa shape index (κ2) is 15.0. The molecule has 5 nitrogen and oxygen atoms in total. The maximum atomic E-state index is 14.0. The van der Waals surface area contributed by atoms with Crippen LogP contribution in [0.1, 0.15) is 97.3 Å². The van der Waals surface area contributed by atoms with Crippen LogP contribution in [0.25, 0.3) is 0 Å². The molecule has 2 rings (SSSR count). The molecule has 1 aliphatic carbocycles. The van der Waals surface area contributed by atoms with Crippen LogP contribution in [-0.2, 0) is 14.3 Å². The molecule has 0 radical (unpaired) electrons. The van der Waals surface area contributed by atoms with E-state index < -0.39 is 24.5 Å². The Morgan fingerprint density at radius 2 is 1.97 bits per heavy atom. The number of hydrogen-bond donors (Lipinski definition) is 2. The molecule has 2 fully saturated rings. The summed E-state index contributed by atoms with van der Waals surface area (Å²) in [5, 5.41) is 20.0. The van der Waals surface area contributed by atoms with Crippen molar-refractivity contribution in [3.8, 4) is 0 Å². The molecule has 1 saturated heterocycles. The third kappa shape index (κ3) is 9.48. The summed E-state index contributed by atoms with van der Waals surface area (Å²) in [5.74, 6) is 0.138. The number of alkyl halides is 1. The molecule has 2 aliphatic rings. The van der Waals surface area contributed by atoms with Crippen LogP contribution in [0.2, 0.25) is 0 Å². The largest absolute Gasteiger partial charge is 0.479 e. The van der Waals surface area contributed by atoms with Gasteiger partial charge in [0.05, 0.1) is 6.10 Å². The minimum Gasteiger partial charge on any atom is -0.479 e. The van der Waals surface area contributed by atoms with E-state index in [-0.39, 0.29) is 12.0 Å². The number of carboxylic acid groups (broad SMARTS) is 1. The van der Waals surface area contributed by atoms with E-state index in [1.54, 1.807) is 0 Å². The third-order valence-electron chi connectivity index (χ3n) is 7.21. The smallest absolute Gasteiger partial charge is 0.332 e. The van der Waals surface area contributed by atoms with Crippen LogP contribution in [0.4, 0.5) is 4.39 Å². The molecule has 1 aliphatic heterocycles. The Hall–Kier alpha value is -0.980. The lowest BCUT2D eigenvalue weighted by atomic mass is 9.83. The fourth-order valence-electron chi connectivity index (χ4n) is 5.28. The minimum absolute atomic E-state index is 0.206. The number of aliphatic hydroxyl groups excluding tert-OH is 1. The van der Waals surface area contributed by atoms with Gasteiger partial charge in [-0.05, 0) is 82.0 Å². The van der Waals surface area contributed by atoms with Crippen molar-refractivity contribution in [3.05, 3.63) is 12.2 Å². The summed E-state index contributed by atoms with van der Waals surface area (Å²) in [7, 11) is 0. The SMILES string of the molecule is CCCC[C@@H](F)CCC[C@@H]1[C@@H](CC=CCCC(OC2CCCCO2)C(=O)O)[C@@H](O)C[C@H]1C. The van der Waals surface area contributed by atoms with E-state index >= 15 is 0 Å². The fourth-order valence-corrected chi connectivity index (χ4v) is 5.28. The highest BCUT2D eigenvalue weighted by molar-refractivity contribution is 5.72. The summed E-state index contributed by atoms with van der Waals surface area (Å²) in [6.45, 7) is 4.92. The molecule has 0 aromatic heterocycles. The Labute approximate surface area is 193 Å². The van der Waals surface area contributed by atoms with Crippen molar-refractivity contribution in [2.45, 2.75) is 122 Å². The molecular formula is C26H45FO5. The second-order valence-electron chi connectivity index (χ2n) is 9.82. The minimum atomic E-state index is -0.946. The molecule has 2 N–H and O–H groups in total. The molecule has 186 valence electrons. The first-order chi connectivity index (χ1) is 15.4. The van der Waals surface area contributed by atoms with Crippen LogP contribution in [0.3, 0.4) is 0 Å². The first kappa shape index (κ1) is 27.3. The van der Waals surface area contributed by atoms with Crippen LogP contribution in [0.5, 0.6) is 0 Å². The van der Waals surface area contributed by atoms with Gasteiger partial charge in [0, 0.05) is 6.61 Å². The van der Waals surface area contributed by atoms with E-state index in [4.69, 9.17) is 9.47 Å². The zero-order chi connectivity index (χ0) is 23.3. The molecule has 1 heterocycles. The number of halogens is 1. The number of carbonyl (C=O) groups is 1. The van der Waals surface area contributed by atoms with Crippen molar-refractivity contribution < 1.29 is 28.9 Å². The number of ether oxygens (including phenoxy) is 2. The van der Waals surface area contributed by atoms with Crippen molar-refractivity contribution in [2.24, 2.45) is 17.8 Å².